The minimum Gasteiger partial charge on any atom is -0.431 e. The summed E-state index contributed by atoms with van der Waals surface area (Å²) >= 11 is 0. The third kappa shape index (κ3) is 5.70. The Morgan fingerprint density at radius 3 is 2.24 bits per heavy atom. The molecule has 6 aliphatic rings. The average molecular weight is 725 g/mol. The van der Waals surface area contributed by atoms with Gasteiger partial charge in [0.05, 0.1) is 41.7 Å². The van der Waals surface area contributed by atoms with Crippen LogP contribution in [-0.2, 0) is 23.7 Å². The van der Waals surface area contributed by atoms with Crippen molar-refractivity contribution >= 4 is 6.29 Å². The smallest absolute Gasteiger partial charge is 0.335 e. The number of aldehydes is 1. The third-order valence-corrected chi connectivity index (χ3v) is 14.1. The van der Waals surface area contributed by atoms with E-state index in [0.29, 0.717) is 44.9 Å². The molecule has 15 nitrogen and oxygen atoms in total. The quantitative estimate of drug-likeness (QED) is 0.127. The number of ether oxygens (including phenoxy) is 4. The minimum absolute atomic E-state index is 0.0215. The molecule has 8 N–H and O–H groups in total. The monoisotopic (exact) mass is 724 g/mol. The van der Waals surface area contributed by atoms with Crippen molar-refractivity contribution in [2.24, 2.45) is 22.7 Å². The average Bonchev–Trinajstić information content (AvgIpc) is 3.39. The summed E-state index contributed by atoms with van der Waals surface area (Å²) in [6, 6.07) is 3.17. The topological polar surface area (TPSA) is 246 Å². The lowest BCUT2D eigenvalue weighted by Gasteiger charge is -2.65. The molecule has 0 aromatic carbocycles. The van der Waals surface area contributed by atoms with Gasteiger partial charge in [-0.3, -0.25) is 0 Å². The van der Waals surface area contributed by atoms with E-state index < -0.39 is 102 Å². The maximum atomic E-state index is 13.2. The Morgan fingerprint density at radius 1 is 0.843 bits per heavy atom. The van der Waals surface area contributed by atoms with Gasteiger partial charge in [-0.1, -0.05) is 6.92 Å². The number of aliphatic hydroxyl groups is 8. The largest absolute Gasteiger partial charge is 0.431 e. The van der Waals surface area contributed by atoms with E-state index in [-0.39, 0.29) is 30.6 Å². The number of rotatable bonds is 7. The third-order valence-electron chi connectivity index (χ3n) is 14.1. The van der Waals surface area contributed by atoms with Gasteiger partial charge in [0.1, 0.15) is 49.0 Å². The van der Waals surface area contributed by atoms with Gasteiger partial charge in [-0.2, -0.15) is 0 Å². The molecule has 0 bridgehead atoms. The summed E-state index contributed by atoms with van der Waals surface area (Å²) in [7, 11) is 0. The molecular weight excluding hydrogens is 672 g/mol. The molecule has 0 amide bonds. The predicted molar refractivity (Wildman–Crippen MR) is 173 cm³/mol. The first kappa shape index (κ1) is 37.5. The Labute approximate surface area is 295 Å². The summed E-state index contributed by atoms with van der Waals surface area (Å²) in [6.07, 6.45) is -8.77. The fourth-order valence-electron chi connectivity index (χ4n) is 11.2. The van der Waals surface area contributed by atoms with Gasteiger partial charge in [0, 0.05) is 17.9 Å². The van der Waals surface area contributed by atoms with Crippen molar-refractivity contribution in [2.45, 2.75) is 156 Å². The van der Waals surface area contributed by atoms with Crippen molar-refractivity contribution in [3.05, 3.63) is 34.4 Å². The second-order valence-corrected chi connectivity index (χ2v) is 16.3. The Hall–Kier alpha value is -1.86. The molecule has 1 aromatic rings. The zero-order valence-electron chi connectivity index (χ0n) is 28.9. The molecule has 3 heterocycles. The zero-order valence-corrected chi connectivity index (χ0v) is 28.9. The zero-order chi connectivity index (χ0) is 36.7. The van der Waals surface area contributed by atoms with Crippen LogP contribution in [0.1, 0.15) is 83.1 Å². The lowest BCUT2D eigenvalue weighted by atomic mass is 9.41. The summed E-state index contributed by atoms with van der Waals surface area (Å²) in [5.41, 5.74) is -3.71. The summed E-state index contributed by atoms with van der Waals surface area (Å²) < 4.78 is 28.4. The van der Waals surface area contributed by atoms with E-state index in [9.17, 15) is 50.4 Å². The highest BCUT2D eigenvalue weighted by Crippen LogP contribution is 2.71. The van der Waals surface area contributed by atoms with Crippen molar-refractivity contribution in [2.75, 3.05) is 6.61 Å². The molecular formula is C36H52O15. The molecule has 1 aromatic heterocycles. The number of hydrogen-bond acceptors (Lipinski definition) is 15. The van der Waals surface area contributed by atoms with E-state index in [2.05, 4.69) is 6.92 Å². The first-order chi connectivity index (χ1) is 24.1. The SMILES string of the molecule is C[C@H]1O[C@@H](O[C@H]2CC[C@]3(C=O)C4CC[C@]5(C)C(c6ccc(=O)oc6)CC[C@]5(O)[C@@H]4CC[C@]3(O)C2)[C@H](O)[C@H](O)[C@H]1O[C@@H]1O[C@H](CO)[C@@H](O)[C@@H](O)[C@H]1O. The summed E-state index contributed by atoms with van der Waals surface area (Å²) in [6.45, 7) is 2.98. The molecule has 286 valence electrons. The standard InChI is InChI=1S/C36H52O15/c1-17-30(51-32-28(43)26(41)25(40)23(14-37)50-32)27(42)29(44)31(48-17)49-19-5-10-34(16-38)21-6-9-33(2)20(18-3-4-24(39)47-15-18)8-12-36(33,46)22(21)7-11-35(34,45)13-19/h3-4,15-17,19-23,25-32,37,40-46H,5-14H2,1-2H3/t17-,19+,20?,21?,22-,23-,25-,26-,27+,28-,29-,30+,31+,32+,33-,34+,35+,36+/m1/s1. The molecule has 51 heavy (non-hydrogen) atoms. The van der Waals surface area contributed by atoms with Gasteiger partial charge in [0.15, 0.2) is 12.6 Å². The van der Waals surface area contributed by atoms with Crippen molar-refractivity contribution in [3.63, 3.8) is 0 Å². The van der Waals surface area contributed by atoms with Crippen LogP contribution in [-0.4, -0.2) is 132 Å². The molecule has 18 atom stereocenters. The first-order valence-corrected chi connectivity index (χ1v) is 18.3. The Morgan fingerprint density at radius 2 is 1.55 bits per heavy atom. The Bertz CT molecular complexity index is 1470. The number of carbonyl (C=O) groups is 1. The molecule has 2 aliphatic heterocycles. The van der Waals surface area contributed by atoms with E-state index in [4.69, 9.17) is 23.4 Å². The van der Waals surface area contributed by atoms with Crippen LogP contribution < -0.4 is 5.63 Å². The van der Waals surface area contributed by atoms with Crippen molar-refractivity contribution in [1.29, 1.82) is 0 Å². The lowest BCUT2D eigenvalue weighted by Crippen LogP contribution is -2.69. The highest BCUT2D eigenvalue weighted by atomic mass is 16.7. The van der Waals surface area contributed by atoms with Crippen LogP contribution in [0.2, 0.25) is 0 Å². The van der Waals surface area contributed by atoms with Gasteiger partial charge in [0.2, 0.25) is 0 Å². The van der Waals surface area contributed by atoms with Crippen LogP contribution in [0.25, 0.3) is 0 Å². The van der Waals surface area contributed by atoms with Gasteiger partial charge >= 0.3 is 5.63 Å². The summed E-state index contributed by atoms with van der Waals surface area (Å²) in [5.74, 6) is -0.509. The van der Waals surface area contributed by atoms with Crippen LogP contribution in [0.4, 0.5) is 0 Å². The van der Waals surface area contributed by atoms with E-state index in [1.807, 2.05) is 0 Å². The molecule has 4 saturated carbocycles. The second-order valence-electron chi connectivity index (χ2n) is 16.3. The second kappa shape index (κ2) is 13.5. The van der Waals surface area contributed by atoms with Gasteiger partial charge in [-0.15, -0.1) is 0 Å². The summed E-state index contributed by atoms with van der Waals surface area (Å²) in [4.78, 5) is 24.8. The minimum atomic E-state index is -1.72. The predicted octanol–water partition coefficient (Wildman–Crippen LogP) is -0.788. The van der Waals surface area contributed by atoms with Crippen LogP contribution in [0.15, 0.2) is 27.6 Å². The fraction of sp³-hybridized carbons (Fsp3) is 0.833. The van der Waals surface area contributed by atoms with Crippen molar-refractivity contribution in [1.82, 2.24) is 0 Å². The number of fused-ring (bicyclic) bond motifs is 5. The number of carbonyl (C=O) groups excluding carboxylic acids is 1. The Balaban J connectivity index is 1.03. The highest BCUT2D eigenvalue weighted by Gasteiger charge is 2.71. The maximum Gasteiger partial charge on any atom is 0.335 e. The molecule has 6 fully saturated rings. The van der Waals surface area contributed by atoms with Crippen molar-refractivity contribution < 1.29 is 69.0 Å². The number of hydrogen-bond donors (Lipinski definition) is 8. The maximum absolute atomic E-state index is 13.2. The van der Waals surface area contributed by atoms with Gasteiger partial charge < -0.3 is 69.0 Å². The molecule has 2 unspecified atom stereocenters. The van der Waals surface area contributed by atoms with E-state index >= 15 is 0 Å². The first-order valence-electron chi connectivity index (χ1n) is 18.3. The van der Waals surface area contributed by atoms with Crippen molar-refractivity contribution in [3.8, 4) is 0 Å². The highest BCUT2D eigenvalue weighted by molar-refractivity contribution is 5.64. The van der Waals surface area contributed by atoms with Gasteiger partial charge in [0.25, 0.3) is 0 Å². The van der Waals surface area contributed by atoms with E-state index in [0.717, 1.165) is 11.8 Å². The number of aliphatic hydroxyl groups excluding tert-OH is 6. The van der Waals surface area contributed by atoms with Gasteiger partial charge in [-0.05, 0) is 87.7 Å². The molecule has 2 saturated heterocycles. The molecule has 0 radical (unpaired) electrons. The fourth-order valence-corrected chi connectivity index (χ4v) is 11.2. The lowest BCUT2D eigenvalue weighted by molar-refractivity contribution is -0.361. The van der Waals surface area contributed by atoms with Crippen LogP contribution >= 0.6 is 0 Å². The molecule has 7 rings (SSSR count). The molecule has 0 spiro atoms. The molecule has 4 aliphatic carbocycles. The summed E-state index contributed by atoms with van der Waals surface area (Å²) in [5, 5.41) is 87.1. The Kier molecular flexibility index (Phi) is 9.89. The van der Waals surface area contributed by atoms with E-state index in [1.165, 1.54) is 12.3 Å². The van der Waals surface area contributed by atoms with Gasteiger partial charge in [-0.25, -0.2) is 4.79 Å². The normalized spacial score (nSPS) is 52.7. The van der Waals surface area contributed by atoms with Crippen LogP contribution in [0.3, 0.4) is 0 Å². The molecule has 15 heteroatoms. The van der Waals surface area contributed by atoms with Crippen LogP contribution in [0.5, 0.6) is 0 Å². The van der Waals surface area contributed by atoms with E-state index in [1.54, 1.807) is 13.0 Å². The van der Waals surface area contributed by atoms with Crippen LogP contribution in [0, 0.1) is 22.7 Å².